The summed E-state index contributed by atoms with van der Waals surface area (Å²) in [6.45, 7) is 3.79. The van der Waals surface area contributed by atoms with Crippen LogP contribution in [0.5, 0.6) is 0 Å². The summed E-state index contributed by atoms with van der Waals surface area (Å²) in [5, 5.41) is 12.6. The Morgan fingerprint density at radius 3 is 2.93 bits per heavy atom. The van der Waals surface area contributed by atoms with E-state index < -0.39 is 6.10 Å². The smallest absolute Gasteiger partial charge is 0.0897 e. The molecule has 1 unspecified atom stereocenters. The van der Waals surface area contributed by atoms with Crippen LogP contribution in [0, 0.1) is 6.92 Å². The monoisotopic (exact) mass is 209 g/mol. The van der Waals surface area contributed by atoms with Gasteiger partial charge in [-0.25, -0.2) is 0 Å². The van der Waals surface area contributed by atoms with E-state index >= 15 is 0 Å². The van der Waals surface area contributed by atoms with Gasteiger partial charge < -0.3 is 15.2 Å². The van der Waals surface area contributed by atoms with E-state index in [1.165, 1.54) is 11.1 Å². The molecule has 0 aromatic heterocycles. The van der Waals surface area contributed by atoms with Gasteiger partial charge in [-0.2, -0.15) is 0 Å². The van der Waals surface area contributed by atoms with Gasteiger partial charge >= 0.3 is 0 Å². The van der Waals surface area contributed by atoms with Crippen molar-refractivity contribution in [3.05, 3.63) is 35.4 Å². The molecular weight excluding hydrogens is 190 g/mol. The van der Waals surface area contributed by atoms with Gasteiger partial charge in [-0.15, -0.1) is 0 Å². The van der Waals surface area contributed by atoms with Crippen molar-refractivity contribution in [3.8, 4) is 0 Å². The summed E-state index contributed by atoms with van der Waals surface area (Å²) in [7, 11) is 1.59. The van der Waals surface area contributed by atoms with Gasteiger partial charge in [-0.05, 0) is 12.5 Å². The van der Waals surface area contributed by atoms with Crippen LogP contribution in [-0.4, -0.2) is 31.5 Å². The maximum atomic E-state index is 9.39. The van der Waals surface area contributed by atoms with Crippen LogP contribution in [0.3, 0.4) is 0 Å². The van der Waals surface area contributed by atoms with E-state index in [9.17, 15) is 5.11 Å². The Morgan fingerprint density at radius 1 is 1.47 bits per heavy atom. The van der Waals surface area contributed by atoms with E-state index in [-0.39, 0.29) is 0 Å². The highest BCUT2D eigenvalue weighted by Gasteiger charge is 2.01. The number of hydrogen-bond acceptors (Lipinski definition) is 3. The predicted octanol–water partition coefficient (Wildman–Crippen LogP) is 1.09. The molecule has 0 amide bonds. The summed E-state index contributed by atoms with van der Waals surface area (Å²) < 4.78 is 4.84. The molecule has 2 N–H and O–H groups in total. The van der Waals surface area contributed by atoms with Crippen molar-refractivity contribution in [1.82, 2.24) is 5.32 Å². The van der Waals surface area contributed by atoms with E-state index in [0.717, 1.165) is 6.54 Å². The van der Waals surface area contributed by atoms with Crippen molar-refractivity contribution in [2.75, 3.05) is 20.3 Å². The first-order valence-corrected chi connectivity index (χ1v) is 5.15. The van der Waals surface area contributed by atoms with Crippen molar-refractivity contribution in [2.24, 2.45) is 0 Å². The molecule has 0 spiro atoms. The number of hydrogen-bond donors (Lipinski definition) is 2. The van der Waals surface area contributed by atoms with Crippen LogP contribution in [-0.2, 0) is 11.3 Å². The number of methoxy groups -OCH3 is 1. The standard InChI is InChI=1S/C12H19NO2/c1-10-4-3-5-11(6-10)7-13-8-12(14)9-15-2/h3-6,12-14H,7-9H2,1-2H3. The molecule has 0 heterocycles. The second kappa shape index (κ2) is 6.56. The van der Waals surface area contributed by atoms with Gasteiger partial charge in [-0.3, -0.25) is 0 Å². The molecule has 3 heteroatoms. The first-order chi connectivity index (χ1) is 7.22. The third-order valence-electron chi connectivity index (χ3n) is 2.15. The summed E-state index contributed by atoms with van der Waals surface area (Å²) in [5.41, 5.74) is 2.49. The number of rotatable bonds is 6. The van der Waals surface area contributed by atoms with Crippen molar-refractivity contribution in [3.63, 3.8) is 0 Å². The number of aryl methyl sites for hydroxylation is 1. The average Bonchev–Trinajstić information content (AvgIpc) is 2.18. The van der Waals surface area contributed by atoms with Crippen LogP contribution in [0.25, 0.3) is 0 Å². The Labute approximate surface area is 91.1 Å². The van der Waals surface area contributed by atoms with Crippen LogP contribution in [0.1, 0.15) is 11.1 Å². The molecule has 1 rings (SSSR count). The Balaban J connectivity index is 2.25. The van der Waals surface area contributed by atoms with E-state index in [2.05, 4.69) is 30.4 Å². The van der Waals surface area contributed by atoms with Gasteiger partial charge in [0.25, 0.3) is 0 Å². The molecule has 0 aliphatic heterocycles. The van der Waals surface area contributed by atoms with Crippen LogP contribution >= 0.6 is 0 Å². The maximum absolute atomic E-state index is 9.39. The summed E-state index contributed by atoms with van der Waals surface area (Å²) in [6, 6.07) is 8.32. The van der Waals surface area contributed by atoms with Gasteiger partial charge in [0.05, 0.1) is 12.7 Å². The molecule has 0 aliphatic rings. The van der Waals surface area contributed by atoms with Crippen LogP contribution in [0.15, 0.2) is 24.3 Å². The van der Waals surface area contributed by atoms with E-state index in [1.807, 2.05) is 6.07 Å². The molecule has 15 heavy (non-hydrogen) atoms. The van der Waals surface area contributed by atoms with Crippen molar-refractivity contribution in [1.29, 1.82) is 0 Å². The molecule has 1 aromatic carbocycles. The zero-order valence-corrected chi connectivity index (χ0v) is 9.36. The second-order valence-electron chi connectivity index (χ2n) is 3.73. The molecule has 0 saturated carbocycles. The first-order valence-electron chi connectivity index (χ1n) is 5.15. The number of aliphatic hydroxyl groups excluding tert-OH is 1. The van der Waals surface area contributed by atoms with E-state index in [0.29, 0.717) is 13.2 Å². The molecule has 1 atom stereocenters. The minimum atomic E-state index is -0.431. The van der Waals surface area contributed by atoms with Crippen molar-refractivity contribution in [2.45, 2.75) is 19.6 Å². The number of ether oxygens (including phenoxy) is 1. The summed E-state index contributed by atoms with van der Waals surface area (Å²) in [5.74, 6) is 0. The third-order valence-corrected chi connectivity index (χ3v) is 2.15. The van der Waals surface area contributed by atoms with Gasteiger partial charge in [0.15, 0.2) is 0 Å². The quantitative estimate of drug-likeness (QED) is 0.737. The lowest BCUT2D eigenvalue weighted by Crippen LogP contribution is -2.29. The summed E-state index contributed by atoms with van der Waals surface area (Å²) >= 11 is 0. The molecule has 0 aliphatic carbocycles. The van der Waals surface area contributed by atoms with Gasteiger partial charge in [0.2, 0.25) is 0 Å². The summed E-state index contributed by atoms with van der Waals surface area (Å²) in [6.07, 6.45) is -0.431. The first kappa shape index (κ1) is 12.2. The zero-order chi connectivity index (χ0) is 11.1. The average molecular weight is 209 g/mol. The minimum Gasteiger partial charge on any atom is -0.389 e. The lowest BCUT2D eigenvalue weighted by Gasteiger charge is -2.10. The molecule has 0 fully saturated rings. The normalized spacial score (nSPS) is 12.7. The predicted molar refractivity (Wildman–Crippen MR) is 60.8 cm³/mol. The highest BCUT2D eigenvalue weighted by molar-refractivity contribution is 5.21. The van der Waals surface area contributed by atoms with Gasteiger partial charge in [0, 0.05) is 20.2 Å². The van der Waals surface area contributed by atoms with Crippen molar-refractivity contribution < 1.29 is 9.84 Å². The Bertz CT molecular complexity index is 289. The molecule has 0 bridgehead atoms. The maximum Gasteiger partial charge on any atom is 0.0897 e. The van der Waals surface area contributed by atoms with Crippen molar-refractivity contribution >= 4 is 0 Å². The SMILES string of the molecule is COCC(O)CNCc1cccc(C)c1. The number of aliphatic hydroxyl groups is 1. The molecule has 0 radical (unpaired) electrons. The molecule has 3 nitrogen and oxygen atoms in total. The molecular formula is C12H19NO2. The molecule has 84 valence electrons. The van der Waals surface area contributed by atoms with Gasteiger partial charge in [-0.1, -0.05) is 29.8 Å². The molecule has 1 aromatic rings. The Kier molecular flexibility index (Phi) is 5.32. The highest BCUT2D eigenvalue weighted by Crippen LogP contribution is 2.02. The number of nitrogens with one attached hydrogen (secondary N) is 1. The highest BCUT2D eigenvalue weighted by atomic mass is 16.5. The minimum absolute atomic E-state index is 0.376. The Morgan fingerprint density at radius 2 is 2.27 bits per heavy atom. The largest absolute Gasteiger partial charge is 0.389 e. The molecule has 0 saturated heterocycles. The lowest BCUT2D eigenvalue weighted by atomic mass is 10.1. The zero-order valence-electron chi connectivity index (χ0n) is 9.36. The fraction of sp³-hybridized carbons (Fsp3) is 0.500. The van der Waals surface area contributed by atoms with Crippen LogP contribution < -0.4 is 5.32 Å². The lowest BCUT2D eigenvalue weighted by molar-refractivity contribution is 0.0644. The van der Waals surface area contributed by atoms with Crippen LogP contribution in [0.2, 0.25) is 0 Å². The number of benzene rings is 1. The second-order valence-corrected chi connectivity index (χ2v) is 3.73. The fourth-order valence-electron chi connectivity index (χ4n) is 1.46. The van der Waals surface area contributed by atoms with E-state index in [4.69, 9.17) is 4.74 Å². The third kappa shape index (κ3) is 4.93. The summed E-state index contributed by atoms with van der Waals surface area (Å²) in [4.78, 5) is 0. The van der Waals surface area contributed by atoms with Crippen LogP contribution in [0.4, 0.5) is 0 Å². The topological polar surface area (TPSA) is 41.5 Å². The van der Waals surface area contributed by atoms with Gasteiger partial charge in [0.1, 0.15) is 0 Å². The Hall–Kier alpha value is -0.900. The van der Waals surface area contributed by atoms with E-state index in [1.54, 1.807) is 7.11 Å². The fourth-order valence-corrected chi connectivity index (χ4v) is 1.46.